The van der Waals surface area contributed by atoms with E-state index in [1.54, 1.807) is 12.1 Å². The van der Waals surface area contributed by atoms with Gasteiger partial charge in [-0.05, 0) is 55.2 Å². The van der Waals surface area contributed by atoms with E-state index < -0.39 is 0 Å². The van der Waals surface area contributed by atoms with E-state index in [1.165, 1.54) is 0 Å². The molecular formula is C26H30ClN3O3. The maximum atomic E-state index is 13.4. The van der Waals surface area contributed by atoms with Crippen LogP contribution in [0.2, 0.25) is 5.02 Å². The predicted octanol–water partition coefficient (Wildman–Crippen LogP) is 6.27. The number of phenols is 1. The third-order valence-electron chi connectivity index (χ3n) is 6.05. The van der Waals surface area contributed by atoms with Crippen LogP contribution >= 0.6 is 11.6 Å². The molecule has 2 N–H and O–H groups in total. The van der Waals surface area contributed by atoms with Gasteiger partial charge < -0.3 is 14.7 Å². The van der Waals surface area contributed by atoms with E-state index in [0.29, 0.717) is 35.1 Å². The monoisotopic (exact) mass is 467 g/mol. The first kappa shape index (κ1) is 23.2. The molecule has 0 aliphatic carbocycles. The molecule has 1 aliphatic rings. The highest BCUT2D eigenvalue weighted by Crippen LogP contribution is 2.45. The SMILES string of the molecule is CCCCCN1C(=O)c2[nH]nc(-c3cc(Cl)c(C)cc3O)c2C1c1cccc(OCCC)c1. The lowest BCUT2D eigenvalue weighted by Gasteiger charge is -2.27. The molecule has 0 saturated heterocycles. The summed E-state index contributed by atoms with van der Waals surface area (Å²) in [6.07, 6.45) is 3.95. The van der Waals surface area contributed by atoms with Crippen LogP contribution in [-0.2, 0) is 0 Å². The van der Waals surface area contributed by atoms with Crippen LogP contribution in [0.25, 0.3) is 11.3 Å². The van der Waals surface area contributed by atoms with Crippen molar-refractivity contribution in [3.63, 3.8) is 0 Å². The number of aromatic hydroxyl groups is 1. The number of aromatic amines is 1. The first-order valence-corrected chi connectivity index (χ1v) is 12.0. The number of carbonyl (C=O) groups is 1. The Morgan fingerprint density at radius 2 is 2.00 bits per heavy atom. The maximum Gasteiger partial charge on any atom is 0.273 e. The van der Waals surface area contributed by atoms with Gasteiger partial charge in [0.15, 0.2) is 0 Å². The number of phenolic OH excluding ortho intramolecular Hbond substituents is 1. The normalized spacial score (nSPS) is 15.2. The molecule has 0 fully saturated rings. The standard InChI is InChI=1S/C26H30ClN3O3/c1-4-6-7-11-30-25(17-9-8-10-18(14-17)33-12-5-2)22-23(28-29-24(22)26(30)32)19-15-20(27)16(3)13-21(19)31/h8-10,13-15,25,31H,4-7,11-12H2,1-3H3,(H,28,29). The first-order valence-electron chi connectivity index (χ1n) is 11.6. The molecule has 0 saturated carbocycles. The molecule has 2 aromatic carbocycles. The van der Waals surface area contributed by atoms with Gasteiger partial charge in [0.2, 0.25) is 0 Å². The third-order valence-corrected chi connectivity index (χ3v) is 6.45. The largest absolute Gasteiger partial charge is 0.507 e. The summed E-state index contributed by atoms with van der Waals surface area (Å²) < 4.78 is 5.86. The number of H-pyrrole nitrogens is 1. The summed E-state index contributed by atoms with van der Waals surface area (Å²) in [7, 11) is 0. The lowest BCUT2D eigenvalue weighted by atomic mass is 9.95. The number of carbonyl (C=O) groups excluding carboxylic acids is 1. The minimum absolute atomic E-state index is 0.0811. The third kappa shape index (κ3) is 4.44. The van der Waals surface area contributed by atoms with Gasteiger partial charge in [-0.1, -0.05) is 50.4 Å². The molecule has 6 nitrogen and oxygen atoms in total. The van der Waals surface area contributed by atoms with Gasteiger partial charge >= 0.3 is 0 Å². The van der Waals surface area contributed by atoms with Gasteiger partial charge in [-0.25, -0.2) is 0 Å². The average Bonchev–Trinajstić information content (AvgIpc) is 3.34. The number of amides is 1. The number of fused-ring (bicyclic) bond motifs is 1. The molecule has 1 atom stereocenters. The summed E-state index contributed by atoms with van der Waals surface area (Å²) in [6.45, 7) is 7.32. The van der Waals surface area contributed by atoms with Crippen molar-refractivity contribution in [2.75, 3.05) is 13.2 Å². The Morgan fingerprint density at radius 3 is 2.76 bits per heavy atom. The molecule has 1 aromatic heterocycles. The predicted molar refractivity (Wildman–Crippen MR) is 130 cm³/mol. The smallest absolute Gasteiger partial charge is 0.273 e. The zero-order chi connectivity index (χ0) is 23.5. The molecule has 0 spiro atoms. The van der Waals surface area contributed by atoms with Crippen LogP contribution in [-0.4, -0.2) is 39.3 Å². The first-order chi connectivity index (χ1) is 16.0. The fraction of sp³-hybridized carbons (Fsp3) is 0.385. The van der Waals surface area contributed by atoms with Gasteiger partial charge in [-0.15, -0.1) is 0 Å². The number of ether oxygens (including phenoxy) is 1. The van der Waals surface area contributed by atoms with Crippen molar-refractivity contribution in [3.8, 4) is 22.8 Å². The molecule has 0 bridgehead atoms. The Labute approximate surface area is 199 Å². The van der Waals surface area contributed by atoms with Gasteiger partial charge in [-0.3, -0.25) is 9.89 Å². The van der Waals surface area contributed by atoms with Crippen LogP contribution in [0, 0.1) is 6.92 Å². The second-order valence-electron chi connectivity index (χ2n) is 8.51. The number of aromatic nitrogens is 2. The van der Waals surface area contributed by atoms with E-state index in [9.17, 15) is 9.90 Å². The number of benzene rings is 2. The summed E-state index contributed by atoms with van der Waals surface area (Å²) >= 11 is 6.38. The van der Waals surface area contributed by atoms with Crippen LogP contribution in [0.5, 0.6) is 11.5 Å². The molecule has 174 valence electrons. The zero-order valence-corrected chi connectivity index (χ0v) is 20.1. The van der Waals surface area contributed by atoms with E-state index >= 15 is 0 Å². The lowest BCUT2D eigenvalue weighted by molar-refractivity contribution is 0.0740. The van der Waals surface area contributed by atoms with Gasteiger partial charge in [0.05, 0.1) is 12.6 Å². The number of halogens is 1. The average molecular weight is 468 g/mol. The van der Waals surface area contributed by atoms with Crippen LogP contribution < -0.4 is 4.74 Å². The van der Waals surface area contributed by atoms with Crippen molar-refractivity contribution in [2.24, 2.45) is 0 Å². The van der Waals surface area contributed by atoms with E-state index in [2.05, 4.69) is 24.0 Å². The van der Waals surface area contributed by atoms with Crippen LogP contribution in [0.3, 0.4) is 0 Å². The summed E-state index contributed by atoms with van der Waals surface area (Å²) in [4.78, 5) is 15.3. The minimum Gasteiger partial charge on any atom is -0.507 e. The fourth-order valence-electron chi connectivity index (χ4n) is 4.36. The number of aryl methyl sites for hydroxylation is 1. The van der Waals surface area contributed by atoms with Crippen molar-refractivity contribution in [1.29, 1.82) is 0 Å². The molecule has 2 heterocycles. The van der Waals surface area contributed by atoms with Crippen molar-refractivity contribution in [3.05, 3.63) is 63.8 Å². The van der Waals surface area contributed by atoms with Crippen LogP contribution in [0.4, 0.5) is 0 Å². The number of unbranched alkanes of at least 4 members (excludes halogenated alkanes) is 2. The number of hydrogen-bond acceptors (Lipinski definition) is 4. The Hall–Kier alpha value is -2.99. The molecule has 33 heavy (non-hydrogen) atoms. The number of nitrogens with zero attached hydrogens (tertiary/aromatic N) is 2. The molecule has 1 amide bonds. The van der Waals surface area contributed by atoms with E-state index in [4.69, 9.17) is 16.3 Å². The highest BCUT2D eigenvalue weighted by Gasteiger charge is 2.42. The van der Waals surface area contributed by atoms with E-state index in [-0.39, 0.29) is 17.7 Å². The Morgan fingerprint density at radius 1 is 1.18 bits per heavy atom. The zero-order valence-electron chi connectivity index (χ0n) is 19.3. The molecule has 7 heteroatoms. The van der Waals surface area contributed by atoms with E-state index in [1.807, 2.05) is 36.1 Å². The summed E-state index contributed by atoms with van der Waals surface area (Å²) in [5, 5.41) is 18.6. The minimum atomic E-state index is -0.331. The summed E-state index contributed by atoms with van der Waals surface area (Å²) in [5.41, 5.74) is 4.00. The van der Waals surface area contributed by atoms with Crippen LogP contribution in [0.1, 0.15) is 72.8 Å². The van der Waals surface area contributed by atoms with Crippen molar-refractivity contribution < 1.29 is 14.6 Å². The Kier molecular flexibility index (Phi) is 6.94. The summed E-state index contributed by atoms with van der Waals surface area (Å²) in [5.74, 6) is 0.777. The molecule has 0 radical (unpaired) electrons. The highest BCUT2D eigenvalue weighted by molar-refractivity contribution is 6.31. The molecular weight excluding hydrogens is 438 g/mol. The second-order valence-corrected chi connectivity index (χ2v) is 8.92. The fourth-order valence-corrected chi connectivity index (χ4v) is 4.53. The second kappa shape index (κ2) is 9.87. The maximum absolute atomic E-state index is 13.4. The topological polar surface area (TPSA) is 78.5 Å². The van der Waals surface area contributed by atoms with Gasteiger partial charge in [0, 0.05) is 22.7 Å². The number of nitrogens with one attached hydrogen (secondary N) is 1. The van der Waals surface area contributed by atoms with Gasteiger partial charge in [0.25, 0.3) is 5.91 Å². The van der Waals surface area contributed by atoms with Gasteiger partial charge in [-0.2, -0.15) is 5.10 Å². The number of rotatable bonds is 9. The molecule has 1 unspecified atom stereocenters. The lowest BCUT2D eigenvalue weighted by Crippen LogP contribution is -2.30. The Balaban J connectivity index is 1.83. The highest BCUT2D eigenvalue weighted by atomic mass is 35.5. The molecule has 4 rings (SSSR count). The van der Waals surface area contributed by atoms with Crippen LogP contribution in [0.15, 0.2) is 36.4 Å². The van der Waals surface area contributed by atoms with Gasteiger partial charge in [0.1, 0.15) is 22.9 Å². The Bertz CT molecular complexity index is 1160. The number of hydrogen-bond donors (Lipinski definition) is 2. The quantitative estimate of drug-likeness (QED) is 0.363. The van der Waals surface area contributed by atoms with E-state index in [0.717, 1.165) is 48.1 Å². The molecule has 1 aliphatic heterocycles. The van der Waals surface area contributed by atoms with Crippen molar-refractivity contribution in [2.45, 2.75) is 52.5 Å². The molecule has 3 aromatic rings. The summed E-state index contributed by atoms with van der Waals surface area (Å²) in [6, 6.07) is 10.9. The van der Waals surface area contributed by atoms with Crippen molar-refractivity contribution in [1.82, 2.24) is 15.1 Å². The van der Waals surface area contributed by atoms with Crippen molar-refractivity contribution >= 4 is 17.5 Å².